The monoisotopic (exact) mass is 495 g/mol. The maximum absolute atomic E-state index is 13.0. The molecule has 6 nitrogen and oxygen atoms in total. The minimum Gasteiger partial charge on any atom is -0.406 e. The number of benzene rings is 2. The fraction of sp³-hybridized carbons (Fsp3) is 0.333. The Morgan fingerprint density at radius 1 is 1.17 bits per heavy atom. The van der Waals surface area contributed by atoms with Crippen LogP contribution >= 0.6 is 0 Å². The first-order valence-electron chi connectivity index (χ1n) is 10.8. The number of nitrogens with one attached hydrogen (secondary N) is 1. The van der Waals surface area contributed by atoms with Crippen molar-refractivity contribution in [1.29, 1.82) is 0 Å². The highest BCUT2D eigenvalue weighted by molar-refractivity contribution is 5.74. The SMILES string of the molecule is CC(=O)N1CCc2[nH]nc(-c3cccc(OC(F)(F)F)c3)c2C1.OC1Cc2cc(F)cc(F)c2C1. The quantitative estimate of drug-likeness (QED) is 0.520. The highest BCUT2D eigenvalue weighted by Crippen LogP contribution is 2.32. The standard InChI is InChI=1S/C15H14F3N3O2.C9H8F2O/c1-9(22)21-6-5-13-12(8-21)14(20-19-13)10-3-2-4-11(7-10)23-15(16,17)18;10-6-1-5-2-7(12)4-8(5)9(11)3-6/h2-4,7H,5-6,8H2,1H3,(H,19,20);1,3,7,12H,2,4H2. The van der Waals surface area contributed by atoms with Gasteiger partial charge >= 0.3 is 6.36 Å². The molecule has 5 rings (SSSR count). The Hall–Kier alpha value is -3.47. The largest absolute Gasteiger partial charge is 0.573 e. The summed E-state index contributed by atoms with van der Waals surface area (Å²) >= 11 is 0. The van der Waals surface area contributed by atoms with Crippen LogP contribution in [0.25, 0.3) is 11.3 Å². The Kier molecular flexibility index (Phi) is 6.79. The van der Waals surface area contributed by atoms with Crippen molar-refractivity contribution < 1.29 is 36.6 Å². The highest BCUT2D eigenvalue weighted by atomic mass is 19.4. The van der Waals surface area contributed by atoms with Crippen molar-refractivity contribution in [3.63, 3.8) is 0 Å². The number of aromatic amines is 1. The Morgan fingerprint density at radius 3 is 2.66 bits per heavy atom. The molecule has 186 valence electrons. The molecule has 1 amide bonds. The van der Waals surface area contributed by atoms with E-state index in [0.29, 0.717) is 54.7 Å². The molecule has 1 aliphatic carbocycles. The molecule has 0 radical (unpaired) electrons. The van der Waals surface area contributed by atoms with Gasteiger partial charge in [-0.3, -0.25) is 9.89 Å². The van der Waals surface area contributed by atoms with Crippen molar-refractivity contribution in [3.8, 4) is 17.0 Å². The van der Waals surface area contributed by atoms with Crippen LogP contribution in [0, 0.1) is 11.6 Å². The van der Waals surface area contributed by atoms with Gasteiger partial charge in [-0.25, -0.2) is 8.78 Å². The van der Waals surface area contributed by atoms with Crippen LogP contribution in [-0.2, 0) is 30.6 Å². The van der Waals surface area contributed by atoms with Crippen molar-refractivity contribution in [2.24, 2.45) is 0 Å². The second-order valence-corrected chi connectivity index (χ2v) is 8.38. The number of hydrogen-bond donors (Lipinski definition) is 2. The van der Waals surface area contributed by atoms with E-state index in [9.17, 15) is 31.9 Å². The summed E-state index contributed by atoms with van der Waals surface area (Å²) < 4.78 is 66.6. The number of ether oxygens (including phenoxy) is 1. The summed E-state index contributed by atoms with van der Waals surface area (Å²) in [5.74, 6) is -1.45. The van der Waals surface area contributed by atoms with Gasteiger partial charge < -0.3 is 14.7 Å². The van der Waals surface area contributed by atoms with E-state index >= 15 is 0 Å². The van der Waals surface area contributed by atoms with Gasteiger partial charge in [-0.2, -0.15) is 5.10 Å². The number of H-pyrrole nitrogens is 1. The van der Waals surface area contributed by atoms with Gasteiger partial charge in [-0.05, 0) is 35.7 Å². The number of amides is 1. The van der Waals surface area contributed by atoms with E-state index < -0.39 is 24.1 Å². The lowest BCUT2D eigenvalue weighted by Gasteiger charge is -2.26. The van der Waals surface area contributed by atoms with Crippen molar-refractivity contribution in [2.45, 2.75) is 45.2 Å². The number of aliphatic hydroxyl groups excluding tert-OH is 1. The third kappa shape index (κ3) is 5.79. The predicted molar refractivity (Wildman–Crippen MR) is 115 cm³/mol. The molecule has 1 unspecified atom stereocenters. The molecule has 1 atom stereocenters. The number of fused-ring (bicyclic) bond motifs is 2. The lowest BCUT2D eigenvalue weighted by Crippen LogP contribution is -2.34. The Labute approximate surface area is 197 Å². The van der Waals surface area contributed by atoms with Crippen LogP contribution in [-0.4, -0.2) is 45.1 Å². The first kappa shape index (κ1) is 24.6. The Balaban J connectivity index is 0.000000201. The van der Waals surface area contributed by atoms with Crippen LogP contribution in [0.5, 0.6) is 5.75 Å². The van der Waals surface area contributed by atoms with Gasteiger partial charge in [0.15, 0.2) is 0 Å². The van der Waals surface area contributed by atoms with Gasteiger partial charge in [0.1, 0.15) is 17.4 Å². The van der Waals surface area contributed by atoms with E-state index in [-0.39, 0.29) is 11.7 Å². The molecule has 0 saturated heterocycles. The number of rotatable bonds is 2. The molecule has 2 heterocycles. The van der Waals surface area contributed by atoms with Gasteiger partial charge in [0.2, 0.25) is 5.91 Å². The minimum atomic E-state index is -4.74. The van der Waals surface area contributed by atoms with Crippen molar-refractivity contribution in [2.75, 3.05) is 6.54 Å². The van der Waals surface area contributed by atoms with Crippen LogP contribution in [0.15, 0.2) is 36.4 Å². The Morgan fingerprint density at radius 2 is 1.94 bits per heavy atom. The predicted octanol–water partition coefficient (Wildman–Crippen LogP) is 4.30. The molecule has 2 aliphatic rings. The van der Waals surface area contributed by atoms with Gasteiger partial charge in [-0.1, -0.05) is 12.1 Å². The van der Waals surface area contributed by atoms with E-state index in [1.54, 1.807) is 11.0 Å². The number of aromatic nitrogens is 2. The summed E-state index contributed by atoms with van der Waals surface area (Å²) in [6.45, 7) is 2.48. The smallest absolute Gasteiger partial charge is 0.406 e. The second kappa shape index (κ2) is 9.65. The molecule has 0 saturated carbocycles. The van der Waals surface area contributed by atoms with E-state index in [4.69, 9.17) is 0 Å². The molecule has 2 N–H and O–H groups in total. The molecule has 0 spiro atoms. The van der Waals surface area contributed by atoms with Crippen LogP contribution < -0.4 is 4.74 Å². The van der Waals surface area contributed by atoms with Crippen LogP contribution in [0.4, 0.5) is 22.0 Å². The fourth-order valence-electron chi connectivity index (χ4n) is 4.27. The molecule has 2 aromatic carbocycles. The summed E-state index contributed by atoms with van der Waals surface area (Å²) in [5, 5.41) is 16.3. The molecule has 35 heavy (non-hydrogen) atoms. The number of nitrogens with zero attached hydrogens (tertiary/aromatic N) is 2. The van der Waals surface area contributed by atoms with E-state index in [2.05, 4.69) is 14.9 Å². The summed E-state index contributed by atoms with van der Waals surface area (Å²) in [7, 11) is 0. The zero-order chi connectivity index (χ0) is 25.3. The van der Waals surface area contributed by atoms with Gasteiger partial charge in [0, 0.05) is 55.7 Å². The van der Waals surface area contributed by atoms with Crippen molar-refractivity contribution >= 4 is 5.91 Å². The number of aliphatic hydroxyl groups is 1. The molecule has 0 bridgehead atoms. The number of alkyl halides is 3. The number of carbonyl (C=O) groups is 1. The summed E-state index contributed by atoms with van der Waals surface area (Å²) in [6, 6.07) is 7.80. The first-order valence-corrected chi connectivity index (χ1v) is 10.8. The van der Waals surface area contributed by atoms with Crippen molar-refractivity contribution in [3.05, 3.63) is 70.4 Å². The van der Waals surface area contributed by atoms with Gasteiger partial charge in [-0.15, -0.1) is 13.2 Å². The second-order valence-electron chi connectivity index (χ2n) is 8.38. The molecule has 1 aromatic heterocycles. The average Bonchev–Trinajstić information content (AvgIpc) is 3.35. The van der Waals surface area contributed by atoms with Gasteiger partial charge in [0.25, 0.3) is 0 Å². The molecule has 0 fully saturated rings. The third-order valence-electron chi connectivity index (χ3n) is 5.87. The van der Waals surface area contributed by atoms with Crippen molar-refractivity contribution in [1.82, 2.24) is 15.1 Å². The van der Waals surface area contributed by atoms with Crippen LogP contribution in [0.2, 0.25) is 0 Å². The van der Waals surface area contributed by atoms with E-state index in [1.807, 2.05) is 0 Å². The highest BCUT2D eigenvalue weighted by Gasteiger charge is 2.31. The number of hydrogen-bond acceptors (Lipinski definition) is 4. The number of halogens is 5. The maximum atomic E-state index is 13.0. The average molecular weight is 495 g/mol. The third-order valence-corrected chi connectivity index (χ3v) is 5.87. The topological polar surface area (TPSA) is 78.5 Å². The maximum Gasteiger partial charge on any atom is 0.573 e. The molecular formula is C24H22F5N3O3. The Bertz CT molecular complexity index is 1240. The number of carbonyl (C=O) groups excluding carboxylic acids is 1. The molecule has 3 aromatic rings. The first-order chi connectivity index (χ1) is 16.5. The lowest BCUT2D eigenvalue weighted by atomic mass is 10.0. The molecule has 11 heteroatoms. The van der Waals surface area contributed by atoms with Crippen LogP contribution in [0.3, 0.4) is 0 Å². The zero-order valence-electron chi connectivity index (χ0n) is 18.6. The minimum absolute atomic E-state index is 0.0445. The fourth-order valence-corrected chi connectivity index (χ4v) is 4.27. The zero-order valence-corrected chi connectivity index (χ0v) is 18.6. The lowest BCUT2D eigenvalue weighted by molar-refractivity contribution is -0.274. The summed E-state index contributed by atoms with van der Waals surface area (Å²) in [5.41, 5.74) is 3.84. The van der Waals surface area contributed by atoms with E-state index in [1.165, 1.54) is 31.2 Å². The van der Waals surface area contributed by atoms with Gasteiger partial charge in [0.05, 0.1) is 11.8 Å². The molecule has 1 aliphatic heterocycles. The molecular weight excluding hydrogens is 473 g/mol. The van der Waals surface area contributed by atoms with Crippen LogP contribution in [0.1, 0.15) is 29.3 Å². The summed E-state index contributed by atoms with van der Waals surface area (Å²) in [4.78, 5) is 13.2. The normalized spacial score (nSPS) is 16.8. The van der Waals surface area contributed by atoms with E-state index in [0.717, 1.165) is 17.3 Å². The summed E-state index contributed by atoms with van der Waals surface area (Å²) in [6.07, 6.45) is -3.97.